The van der Waals surface area contributed by atoms with Gasteiger partial charge in [-0.25, -0.2) is 13.6 Å². The Hall–Kier alpha value is -1.99. The lowest BCUT2D eigenvalue weighted by Gasteiger charge is -2.16. The molecule has 132 valence electrons. The zero-order valence-corrected chi connectivity index (χ0v) is 15.1. The normalized spacial score (nSPS) is 11.8. The molecule has 2 rings (SSSR count). The highest BCUT2D eigenvalue weighted by Crippen LogP contribution is 2.22. The van der Waals surface area contributed by atoms with E-state index in [9.17, 15) is 23.5 Å². The Morgan fingerprint density at radius 1 is 1.20 bits per heavy atom. The van der Waals surface area contributed by atoms with Gasteiger partial charge in [-0.05, 0) is 35.9 Å². The fourth-order valence-electron chi connectivity index (χ4n) is 2.23. The van der Waals surface area contributed by atoms with Gasteiger partial charge in [-0.3, -0.25) is 4.79 Å². The Morgan fingerprint density at radius 2 is 1.84 bits per heavy atom. The highest BCUT2D eigenvalue weighted by Gasteiger charge is 2.23. The van der Waals surface area contributed by atoms with Crippen molar-refractivity contribution in [1.29, 1.82) is 0 Å². The van der Waals surface area contributed by atoms with E-state index < -0.39 is 41.5 Å². The van der Waals surface area contributed by atoms with Gasteiger partial charge in [0, 0.05) is 21.5 Å². The molecule has 0 aromatic heterocycles. The fourth-order valence-corrected chi connectivity index (χ4v) is 2.83. The van der Waals surface area contributed by atoms with E-state index in [4.69, 9.17) is 11.6 Å². The average molecular weight is 433 g/mol. The Labute approximate surface area is 155 Å². The summed E-state index contributed by atoms with van der Waals surface area (Å²) in [5, 5.41) is 12.0. The smallest absolute Gasteiger partial charge is 0.326 e. The van der Waals surface area contributed by atoms with Gasteiger partial charge in [0.2, 0.25) is 5.91 Å². The van der Waals surface area contributed by atoms with E-state index in [1.165, 1.54) is 6.07 Å². The zero-order chi connectivity index (χ0) is 18.6. The number of halogens is 4. The molecular weight excluding hydrogens is 420 g/mol. The van der Waals surface area contributed by atoms with E-state index in [1.54, 1.807) is 18.2 Å². The molecule has 2 aromatic carbocycles. The number of hydrogen-bond donors (Lipinski definition) is 2. The summed E-state index contributed by atoms with van der Waals surface area (Å²) in [4.78, 5) is 23.4. The first-order valence-corrected chi connectivity index (χ1v) is 8.34. The van der Waals surface area contributed by atoms with E-state index >= 15 is 0 Å². The van der Waals surface area contributed by atoms with E-state index in [1.807, 2.05) is 0 Å². The van der Waals surface area contributed by atoms with Crippen molar-refractivity contribution in [1.82, 2.24) is 5.32 Å². The number of carboxylic acids is 1. The van der Waals surface area contributed by atoms with Crippen molar-refractivity contribution < 1.29 is 23.5 Å². The molecule has 0 unspecified atom stereocenters. The lowest BCUT2D eigenvalue weighted by molar-refractivity contribution is -0.141. The maximum atomic E-state index is 13.6. The van der Waals surface area contributed by atoms with Gasteiger partial charge in [-0.1, -0.05) is 33.6 Å². The van der Waals surface area contributed by atoms with Gasteiger partial charge >= 0.3 is 5.97 Å². The maximum absolute atomic E-state index is 13.6. The van der Waals surface area contributed by atoms with Gasteiger partial charge in [-0.2, -0.15) is 0 Å². The molecule has 1 atom stereocenters. The standard InChI is InChI=1S/C17H13BrClF2NO3/c18-12-5-4-10(19)6-9(12)7-15(17(24)25)22-16(23)8-11-13(20)2-1-3-14(11)21/h1-6,15H,7-8H2,(H,22,23)(H,24,25)/t15-/m1/s1. The zero-order valence-electron chi connectivity index (χ0n) is 12.7. The summed E-state index contributed by atoms with van der Waals surface area (Å²) in [5.41, 5.74) is 0.172. The minimum atomic E-state index is -1.27. The molecule has 1 amide bonds. The van der Waals surface area contributed by atoms with Crippen LogP contribution in [-0.2, 0) is 22.4 Å². The molecule has 0 aliphatic heterocycles. The molecule has 0 fully saturated rings. The third-order valence-corrected chi connectivity index (χ3v) is 4.47. The third-order valence-electron chi connectivity index (χ3n) is 3.46. The van der Waals surface area contributed by atoms with Crippen LogP contribution >= 0.6 is 27.5 Å². The molecule has 0 spiro atoms. The second-order valence-electron chi connectivity index (χ2n) is 5.28. The molecule has 25 heavy (non-hydrogen) atoms. The van der Waals surface area contributed by atoms with E-state index in [-0.39, 0.29) is 6.42 Å². The first kappa shape index (κ1) is 19.3. The molecule has 0 aliphatic carbocycles. The van der Waals surface area contributed by atoms with Crippen LogP contribution in [0.3, 0.4) is 0 Å². The van der Waals surface area contributed by atoms with Gasteiger partial charge in [0.05, 0.1) is 6.42 Å². The monoisotopic (exact) mass is 431 g/mol. The van der Waals surface area contributed by atoms with Gasteiger partial charge in [0.15, 0.2) is 0 Å². The number of carbonyl (C=O) groups is 2. The molecule has 0 heterocycles. The Balaban J connectivity index is 2.12. The number of nitrogens with one attached hydrogen (secondary N) is 1. The molecule has 2 aromatic rings. The Kier molecular flexibility index (Phi) is 6.50. The SMILES string of the molecule is O=C(Cc1c(F)cccc1F)N[C@H](Cc1cc(Cl)ccc1Br)C(=O)O. The van der Waals surface area contributed by atoms with Crippen LogP contribution in [0.15, 0.2) is 40.9 Å². The topological polar surface area (TPSA) is 66.4 Å². The summed E-state index contributed by atoms with van der Waals surface area (Å²) < 4.78 is 27.8. The lowest BCUT2D eigenvalue weighted by Crippen LogP contribution is -2.43. The molecular formula is C17H13BrClF2NO3. The number of carbonyl (C=O) groups excluding carboxylic acids is 1. The maximum Gasteiger partial charge on any atom is 0.326 e. The molecule has 0 radical (unpaired) electrons. The third kappa shape index (κ3) is 5.24. The minimum Gasteiger partial charge on any atom is -0.480 e. The average Bonchev–Trinajstić information content (AvgIpc) is 2.53. The second kappa shape index (κ2) is 8.40. The van der Waals surface area contributed by atoms with Gasteiger partial charge in [-0.15, -0.1) is 0 Å². The summed E-state index contributed by atoms with van der Waals surface area (Å²) in [6, 6.07) is 6.84. The number of amides is 1. The molecule has 2 N–H and O–H groups in total. The van der Waals surface area contributed by atoms with Crippen molar-refractivity contribution in [2.45, 2.75) is 18.9 Å². The van der Waals surface area contributed by atoms with E-state index in [2.05, 4.69) is 21.2 Å². The summed E-state index contributed by atoms with van der Waals surface area (Å²) in [5.74, 6) is -3.79. The Bertz CT molecular complexity index is 796. The predicted molar refractivity (Wildman–Crippen MR) is 92.5 cm³/mol. The van der Waals surface area contributed by atoms with Crippen LogP contribution in [0.25, 0.3) is 0 Å². The Morgan fingerprint density at radius 3 is 2.44 bits per heavy atom. The molecule has 0 saturated heterocycles. The number of benzene rings is 2. The van der Waals surface area contributed by atoms with Crippen molar-refractivity contribution in [2.75, 3.05) is 0 Å². The lowest BCUT2D eigenvalue weighted by atomic mass is 10.0. The quantitative estimate of drug-likeness (QED) is 0.731. The summed E-state index contributed by atoms with van der Waals surface area (Å²) >= 11 is 9.17. The summed E-state index contributed by atoms with van der Waals surface area (Å²) in [6.45, 7) is 0. The molecule has 0 bridgehead atoms. The first-order chi connectivity index (χ1) is 11.8. The van der Waals surface area contributed by atoms with E-state index in [0.29, 0.717) is 15.1 Å². The van der Waals surface area contributed by atoms with Crippen LogP contribution in [0.2, 0.25) is 5.02 Å². The van der Waals surface area contributed by atoms with Crippen LogP contribution < -0.4 is 5.32 Å². The van der Waals surface area contributed by atoms with Crippen molar-refractivity contribution in [3.63, 3.8) is 0 Å². The van der Waals surface area contributed by atoms with Crippen molar-refractivity contribution in [2.24, 2.45) is 0 Å². The van der Waals surface area contributed by atoms with Crippen molar-refractivity contribution in [3.8, 4) is 0 Å². The largest absolute Gasteiger partial charge is 0.480 e. The van der Waals surface area contributed by atoms with Crippen molar-refractivity contribution >= 4 is 39.4 Å². The van der Waals surface area contributed by atoms with E-state index in [0.717, 1.165) is 12.1 Å². The van der Waals surface area contributed by atoms with Gasteiger partial charge in [0.25, 0.3) is 0 Å². The minimum absolute atomic E-state index is 0.0397. The van der Waals surface area contributed by atoms with Crippen LogP contribution in [0, 0.1) is 11.6 Å². The number of hydrogen-bond acceptors (Lipinski definition) is 2. The van der Waals surface area contributed by atoms with Crippen LogP contribution in [0.1, 0.15) is 11.1 Å². The van der Waals surface area contributed by atoms with Gasteiger partial charge < -0.3 is 10.4 Å². The van der Waals surface area contributed by atoms with Crippen LogP contribution in [0.5, 0.6) is 0 Å². The number of carboxylic acid groups (broad SMARTS) is 1. The fraction of sp³-hybridized carbons (Fsp3) is 0.176. The van der Waals surface area contributed by atoms with Crippen LogP contribution in [0.4, 0.5) is 8.78 Å². The van der Waals surface area contributed by atoms with Crippen LogP contribution in [-0.4, -0.2) is 23.0 Å². The molecule has 4 nitrogen and oxygen atoms in total. The summed E-state index contributed by atoms with van der Waals surface area (Å²) in [7, 11) is 0. The highest BCUT2D eigenvalue weighted by atomic mass is 79.9. The predicted octanol–water partition coefficient (Wildman–Crippen LogP) is 3.74. The molecule has 0 saturated carbocycles. The summed E-state index contributed by atoms with van der Waals surface area (Å²) in [6.07, 6.45) is -0.638. The molecule has 8 heteroatoms. The second-order valence-corrected chi connectivity index (χ2v) is 6.57. The number of aliphatic carboxylic acids is 1. The highest BCUT2D eigenvalue weighted by molar-refractivity contribution is 9.10. The first-order valence-electron chi connectivity index (χ1n) is 7.17. The van der Waals surface area contributed by atoms with Gasteiger partial charge in [0.1, 0.15) is 17.7 Å². The molecule has 0 aliphatic rings. The van der Waals surface area contributed by atoms with Crippen molar-refractivity contribution in [3.05, 3.63) is 68.7 Å². The number of rotatable bonds is 6.